The van der Waals surface area contributed by atoms with Crippen LogP contribution in [-0.4, -0.2) is 51.2 Å². The van der Waals surface area contributed by atoms with E-state index in [0.717, 1.165) is 0 Å². The number of H-pyrrole nitrogens is 1. The molecule has 4 rings (SSSR count). The number of aromatic nitrogens is 4. The minimum Gasteiger partial charge on any atom is -0.343 e. The lowest BCUT2D eigenvalue weighted by atomic mass is 10.2. The van der Waals surface area contributed by atoms with Crippen LogP contribution in [0.5, 0.6) is 0 Å². The van der Waals surface area contributed by atoms with Crippen LogP contribution in [0.3, 0.4) is 0 Å². The summed E-state index contributed by atoms with van der Waals surface area (Å²) >= 11 is 0. The maximum atomic E-state index is 13.3. The van der Waals surface area contributed by atoms with E-state index in [1.54, 1.807) is 13.0 Å². The molecule has 1 aliphatic heterocycles. The van der Waals surface area contributed by atoms with E-state index in [4.69, 9.17) is 4.84 Å². The van der Waals surface area contributed by atoms with Gasteiger partial charge in [0.1, 0.15) is 0 Å². The van der Waals surface area contributed by atoms with Gasteiger partial charge < -0.3 is 4.98 Å². The highest BCUT2D eigenvalue weighted by atomic mass is 19.4. The van der Waals surface area contributed by atoms with Crippen LogP contribution < -0.4 is 9.55 Å². The molecule has 1 atom stereocenters. The summed E-state index contributed by atoms with van der Waals surface area (Å²) in [5.41, 5.74) is 1.76. The number of urea groups is 1. The number of alkyl halides is 3. The molecule has 4 heterocycles. The Morgan fingerprint density at radius 1 is 1.31 bits per heavy atom. The van der Waals surface area contributed by atoms with Gasteiger partial charge in [0, 0.05) is 12.3 Å². The predicted molar refractivity (Wildman–Crippen MR) is 94.4 cm³/mol. The first-order chi connectivity index (χ1) is 13.7. The number of fused-ring (bicyclic) bond motifs is 1. The zero-order valence-corrected chi connectivity index (χ0v) is 15.0. The van der Waals surface area contributed by atoms with Crippen molar-refractivity contribution in [1.82, 2.24) is 24.6 Å². The second-order valence-electron chi connectivity index (χ2n) is 6.40. The first-order valence-electron chi connectivity index (χ1n) is 8.43. The lowest BCUT2D eigenvalue weighted by Gasteiger charge is -2.26. The summed E-state index contributed by atoms with van der Waals surface area (Å²) in [4.78, 5) is 45.7. The van der Waals surface area contributed by atoms with Crippen LogP contribution in [0, 0.1) is 6.92 Å². The number of hydroxylamine groups is 2. The highest BCUT2D eigenvalue weighted by Crippen LogP contribution is 2.36. The lowest BCUT2D eigenvalue weighted by molar-refractivity contribution is -0.223. The zero-order chi connectivity index (χ0) is 20.8. The third kappa shape index (κ3) is 3.06. The molecule has 0 bridgehead atoms. The van der Waals surface area contributed by atoms with Crippen LogP contribution in [0.4, 0.5) is 29.3 Å². The smallest absolute Gasteiger partial charge is 0.343 e. The van der Waals surface area contributed by atoms with Crippen molar-refractivity contribution in [2.45, 2.75) is 13.1 Å². The highest BCUT2D eigenvalue weighted by molar-refractivity contribution is 6.03. The second kappa shape index (κ2) is 6.51. The number of quaternary nitrogens is 1. The predicted octanol–water partition coefficient (Wildman–Crippen LogP) is 2.63. The molecule has 0 spiro atoms. The Hall–Kier alpha value is -3.54. The van der Waals surface area contributed by atoms with Crippen molar-refractivity contribution in [3.05, 3.63) is 42.6 Å². The molecule has 0 saturated carbocycles. The van der Waals surface area contributed by atoms with Crippen LogP contribution in [0.25, 0.3) is 11.2 Å². The summed E-state index contributed by atoms with van der Waals surface area (Å²) in [5, 5.41) is 0. The van der Waals surface area contributed by atoms with Crippen LogP contribution >= 0.6 is 0 Å². The Morgan fingerprint density at radius 3 is 2.83 bits per heavy atom. The van der Waals surface area contributed by atoms with Crippen molar-refractivity contribution >= 4 is 34.5 Å². The van der Waals surface area contributed by atoms with E-state index in [-0.39, 0.29) is 18.8 Å². The maximum absolute atomic E-state index is 13.3. The minimum absolute atomic E-state index is 0.0114. The fourth-order valence-corrected chi connectivity index (χ4v) is 3.18. The number of pyridine rings is 2. The van der Waals surface area contributed by atoms with Gasteiger partial charge in [0.15, 0.2) is 12.2 Å². The van der Waals surface area contributed by atoms with E-state index in [9.17, 15) is 22.8 Å². The first kappa shape index (κ1) is 18.8. The zero-order valence-electron chi connectivity index (χ0n) is 15.0. The van der Waals surface area contributed by atoms with Gasteiger partial charge in [-0.3, -0.25) is 14.7 Å². The van der Waals surface area contributed by atoms with Crippen molar-refractivity contribution in [2.24, 2.45) is 0 Å². The molecule has 1 N–H and O–H groups in total. The highest BCUT2D eigenvalue weighted by Gasteiger charge is 2.58. The molecule has 0 aromatic carbocycles. The van der Waals surface area contributed by atoms with Gasteiger partial charge in [-0.05, 0) is 23.2 Å². The fourth-order valence-electron chi connectivity index (χ4n) is 3.18. The molecule has 150 valence electrons. The number of hydrogen-bond acceptors (Lipinski definition) is 6. The topological polar surface area (TPSA) is 101 Å². The average molecular weight is 407 g/mol. The molecule has 1 saturated heterocycles. The standard InChI is InChI=1S/C17H14F3N6O3/c1-10-2-3-21-8-13(10)25-4-5-26(16(25)28,29-15(27)17(18,19)20)11-6-12-14(22-7-11)24-9-23-12/h2-3,6-9H,4-5H2,1H3,(H,22,23,24)/q+1. The Labute approximate surface area is 161 Å². The Kier molecular flexibility index (Phi) is 4.22. The van der Waals surface area contributed by atoms with Crippen LogP contribution in [-0.2, 0) is 9.63 Å². The summed E-state index contributed by atoms with van der Waals surface area (Å²) in [5.74, 6) is -2.47. The van der Waals surface area contributed by atoms with E-state index in [1.165, 1.54) is 35.9 Å². The van der Waals surface area contributed by atoms with Gasteiger partial charge in [-0.15, -0.1) is 0 Å². The van der Waals surface area contributed by atoms with Gasteiger partial charge in [-0.25, -0.2) is 19.6 Å². The fraction of sp³-hybridized carbons (Fsp3) is 0.235. The van der Waals surface area contributed by atoms with Gasteiger partial charge in [0.25, 0.3) is 0 Å². The van der Waals surface area contributed by atoms with Gasteiger partial charge in [-0.2, -0.15) is 13.2 Å². The van der Waals surface area contributed by atoms with E-state index >= 15 is 0 Å². The van der Waals surface area contributed by atoms with Crippen molar-refractivity contribution in [3.8, 4) is 0 Å². The number of carbonyl (C=O) groups excluding carboxylic acids is 2. The van der Waals surface area contributed by atoms with Gasteiger partial charge >= 0.3 is 18.2 Å². The number of nitrogens with one attached hydrogen (secondary N) is 1. The van der Waals surface area contributed by atoms with Gasteiger partial charge in [0.05, 0.1) is 36.5 Å². The number of aryl methyl sites for hydroxylation is 1. The number of nitrogens with zero attached hydrogens (tertiary/aromatic N) is 5. The van der Waals surface area contributed by atoms with Crippen LogP contribution in [0.1, 0.15) is 5.56 Å². The number of aromatic amines is 1. The van der Waals surface area contributed by atoms with E-state index in [0.29, 0.717) is 22.4 Å². The summed E-state index contributed by atoms with van der Waals surface area (Å²) in [7, 11) is 0. The molecular formula is C17H14F3N6O3+. The average Bonchev–Trinajstić information content (AvgIpc) is 3.26. The van der Waals surface area contributed by atoms with Crippen LogP contribution in [0.15, 0.2) is 37.1 Å². The number of halogens is 3. The normalized spacial score (nSPS) is 19.7. The Morgan fingerprint density at radius 2 is 2.10 bits per heavy atom. The molecule has 3 aromatic rings. The molecule has 1 aliphatic rings. The first-order valence-corrected chi connectivity index (χ1v) is 8.43. The van der Waals surface area contributed by atoms with Gasteiger partial charge in [-0.1, -0.05) is 0 Å². The largest absolute Gasteiger partial charge is 0.497 e. The summed E-state index contributed by atoms with van der Waals surface area (Å²) < 4.78 is 37.5. The number of amides is 2. The molecule has 12 heteroatoms. The molecule has 3 aromatic heterocycles. The minimum atomic E-state index is -5.27. The molecule has 0 radical (unpaired) electrons. The molecule has 9 nitrogen and oxygen atoms in total. The summed E-state index contributed by atoms with van der Waals surface area (Å²) in [6, 6.07) is 2.19. The molecule has 29 heavy (non-hydrogen) atoms. The summed E-state index contributed by atoms with van der Waals surface area (Å²) in [6.07, 6.45) is 0.208. The monoisotopic (exact) mass is 407 g/mol. The van der Waals surface area contributed by atoms with Crippen molar-refractivity contribution < 1.29 is 27.6 Å². The quantitative estimate of drug-likeness (QED) is 0.670. The Balaban J connectivity index is 1.82. The van der Waals surface area contributed by atoms with Crippen molar-refractivity contribution in [3.63, 3.8) is 0 Å². The number of imidazole rings is 1. The van der Waals surface area contributed by atoms with Crippen LogP contribution in [0.2, 0.25) is 0 Å². The van der Waals surface area contributed by atoms with E-state index < -0.39 is 22.8 Å². The molecule has 0 aliphatic carbocycles. The number of anilines is 1. The third-order valence-electron chi connectivity index (χ3n) is 4.63. The number of rotatable bonds is 3. The maximum Gasteiger partial charge on any atom is 0.497 e. The number of hydrogen-bond donors (Lipinski definition) is 1. The third-order valence-corrected chi connectivity index (χ3v) is 4.63. The second-order valence-corrected chi connectivity index (χ2v) is 6.40. The molecular weight excluding hydrogens is 393 g/mol. The lowest BCUT2D eigenvalue weighted by Crippen LogP contribution is -2.55. The molecule has 1 fully saturated rings. The Bertz CT molecular complexity index is 1110. The van der Waals surface area contributed by atoms with E-state index in [2.05, 4.69) is 19.9 Å². The molecule has 2 amide bonds. The number of carbonyl (C=O) groups is 2. The summed E-state index contributed by atoms with van der Waals surface area (Å²) in [6.45, 7) is 1.51. The van der Waals surface area contributed by atoms with Crippen molar-refractivity contribution in [1.29, 1.82) is 0 Å². The van der Waals surface area contributed by atoms with Gasteiger partial charge in [0.2, 0.25) is 5.69 Å². The van der Waals surface area contributed by atoms with Crippen molar-refractivity contribution in [2.75, 3.05) is 18.0 Å². The molecule has 1 unspecified atom stereocenters. The van der Waals surface area contributed by atoms with E-state index in [1.807, 2.05) is 0 Å². The SMILES string of the molecule is Cc1ccncc1N1CC[N+](OC(=O)C(F)(F)F)(c2cnc3nc[nH]c3c2)C1=O.